The minimum atomic E-state index is 0.411. The molecule has 1 aliphatic rings. The van der Waals surface area contributed by atoms with Crippen LogP contribution in [0, 0.1) is 13.8 Å². The van der Waals surface area contributed by atoms with Crippen LogP contribution in [0.2, 0.25) is 0 Å². The van der Waals surface area contributed by atoms with E-state index in [1.165, 1.54) is 25.0 Å². The zero-order valence-corrected chi connectivity index (χ0v) is 11.5. The second kappa shape index (κ2) is 5.17. The smallest absolute Gasteiger partial charge is 0.214 e. The number of hydrogen-bond acceptors (Lipinski definition) is 4. The van der Waals surface area contributed by atoms with Gasteiger partial charge in [0.15, 0.2) is 0 Å². The van der Waals surface area contributed by atoms with Gasteiger partial charge in [-0.3, -0.25) is 0 Å². The predicted octanol–water partition coefficient (Wildman–Crippen LogP) is 2.35. The summed E-state index contributed by atoms with van der Waals surface area (Å²) in [4.78, 5) is 8.71. The highest BCUT2D eigenvalue weighted by Crippen LogP contribution is 2.23. The van der Waals surface area contributed by atoms with Gasteiger partial charge in [-0.2, -0.15) is 0 Å². The SMILES string of the molecule is Cc1nc(Cn2cncc2C2CCCCN2)oc1C. The Kier molecular flexibility index (Phi) is 3.38. The number of rotatable bonds is 3. The summed E-state index contributed by atoms with van der Waals surface area (Å²) >= 11 is 0. The van der Waals surface area contributed by atoms with Crippen LogP contribution in [0.3, 0.4) is 0 Å². The van der Waals surface area contributed by atoms with Crippen LogP contribution in [0.4, 0.5) is 0 Å². The van der Waals surface area contributed by atoms with Crippen LogP contribution < -0.4 is 5.32 Å². The molecule has 1 atom stereocenters. The summed E-state index contributed by atoms with van der Waals surface area (Å²) in [6.07, 6.45) is 7.53. The molecule has 1 saturated heterocycles. The molecule has 1 fully saturated rings. The largest absolute Gasteiger partial charge is 0.444 e. The van der Waals surface area contributed by atoms with Gasteiger partial charge in [0, 0.05) is 12.2 Å². The van der Waals surface area contributed by atoms with Gasteiger partial charge in [-0.1, -0.05) is 6.42 Å². The fourth-order valence-corrected chi connectivity index (χ4v) is 2.61. The number of aromatic nitrogens is 3. The molecule has 0 aliphatic carbocycles. The van der Waals surface area contributed by atoms with Crippen molar-refractivity contribution in [3.05, 3.63) is 35.6 Å². The lowest BCUT2D eigenvalue weighted by atomic mass is 10.0. The molecule has 0 aromatic carbocycles. The van der Waals surface area contributed by atoms with Crippen LogP contribution >= 0.6 is 0 Å². The fraction of sp³-hybridized carbons (Fsp3) is 0.571. The van der Waals surface area contributed by atoms with Crippen molar-refractivity contribution < 1.29 is 4.42 Å². The van der Waals surface area contributed by atoms with Gasteiger partial charge in [0.05, 0.1) is 17.7 Å². The first-order valence-corrected chi connectivity index (χ1v) is 6.90. The van der Waals surface area contributed by atoms with E-state index in [2.05, 4.69) is 19.9 Å². The highest BCUT2D eigenvalue weighted by molar-refractivity contribution is 5.10. The Morgan fingerprint density at radius 2 is 2.32 bits per heavy atom. The van der Waals surface area contributed by atoms with E-state index in [1.54, 1.807) is 0 Å². The molecule has 5 heteroatoms. The van der Waals surface area contributed by atoms with E-state index in [1.807, 2.05) is 26.4 Å². The van der Waals surface area contributed by atoms with E-state index >= 15 is 0 Å². The minimum Gasteiger partial charge on any atom is -0.444 e. The van der Waals surface area contributed by atoms with Crippen molar-refractivity contribution in [1.29, 1.82) is 0 Å². The summed E-state index contributed by atoms with van der Waals surface area (Å²) in [6.45, 7) is 5.67. The predicted molar refractivity (Wildman–Crippen MR) is 71.9 cm³/mol. The Bertz CT molecular complexity index is 532. The van der Waals surface area contributed by atoms with Crippen molar-refractivity contribution in [2.24, 2.45) is 0 Å². The summed E-state index contributed by atoms with van der Waals surface area (Å²) in [5.74, 6) is 1.65. The van der Waals surface area contributed by atoms with Crippen LogP contribution in [-0.2, 0) is 6.54 Å². The van der Waals surface area contributed by atoms with Crippen molar-refractivity contribution in [3.8, 4) is 0 Å². The van der Waals surface area contributed by atoms with Crippen molar-refractivity contribution in [1.82, 2.24) is 19.9 Å². The third kappa shape index (κ3) is 2.56. The third-order valence-corrected chi connectivity index (χ3v) is 3.79. The van der Waals surface area contributed by atoms with Gasteiger partial charge in [0.1, 0.15) is 12.3 Å². The Morgan fingerprint density at radius 1 is 1.42 bits per heavy atom. The molecule has 102 valence electrons. The molecule has 5 nitrogen and oxygen atoms in total. The molecule has 3 rings (SSSR count). The molecule has 2 aromatic rings. The first-order valence-electron chi connectivity index (χ1n) is 6.90. The maximum atomic E-state index is 5.65. The normalized spacial score (nSPS) is 19.8. The lowest BCUT2D eigenvalue weighted by molar-refractivity contribution is 0.388. The van der Waals surface area contributed by atoms with E-state index in [9.17, 15) is 0 Å². The second-order valence-corrected chi connectivity index (χ2v) is 5.20. The van der Waals surface area contributed by atoms with Gasteiger partial charge in [0.25, 0.3) is 0 Å². The summed E-state index contributed by atoms with van der Waals surface area (Å²) in [7, 11) is 0. The molecule has 3 heterocycles. The first kappa shape index (κ1) is 12.4. The number of nitrogens with zero attached hydrogens (tertiary/aromatic N) is 3. The Balaban J connectivity index is 1.79. The van der Waals surface area contributed by atoms with E-state index < -0.39 is 0 Å². The zero-order chi connectivity index (χ0) is 13.2. The molecule has 0 saturated carbocycles. The average Bonchev–Trinajstić information content (AvgIpc) is 2.99. The van der Waals surface area contributed by atoms with Gasteiger partial charge in [0.2, 0.25) is 5.89 Å². The third-order valence-electron chi connectivity index (χ3n) is 3.79. The van der Waals surface area contributed by atoms with Crippen LogP contribution in [-0.4, -0.2) is 21.1 Å². The monoisotopic (exact) mass is 260 g/mol. The first-order chi connectivity index (χ1) is 9.24. The minimum absolute atomic E-state index is 0.411. The highest BCUT2D eigenvalue weighted by atomic mass is 16.4. The van der Waals surface area contributed by atoms with Gasteiger partial charge in [-0.25, -0.2) is 9.97 Å². The van der Waals surface area contributed by atoms with Crippen LogP contribution in [0.25, 0.3) is 0 Å². The number of oxazole rings is 1. The molecule has 0 amide bonds. The molecular weight excluding hydrogens is 240 g/mol. The van der Waals surface area contributed by atoms with E-state index in [4.69, 9.17) is 4.42 Å². The average molecular weight is 260 g/mol. The summed E-state index contributed by atoms with van der Waals surface area (Å²) in [5.41, 5.74) is 2.20. The molecule has 1 N–H and O–H groups in total. The van der Waals surface area contributed by atoms with E-state index in [0.29, 0.717) is 12.6 Å². The Morgan fingerprint density at radius 3 is 3.00 bits per heavy atom. The number of aryl methyl sites for hydroxylation is 2. The standard InChI is InChI=1S/C14H20N4O/c1-10-11(2)19-14(17-10)8-18-9-15-7-13(18)12-5-3-4-6-16-12/h7,9,12,16H,3-6,8H2,1-2H3. The van der Waals surface area contributed by atoms with Gasteiger partial charge in [-0.05, 0) is 33.2 Å². The molecule has 1 aliphatic heterocycles. The molecule has 19 heavy (non-hydrogen) atoms. The number of hydrogen-bond donors (Lipinski definition) is 1. The molecule has 1 unspecified atom stereocenters. The van der Waals surface area contributed by atoms with E-state index in [-0.39, 0.29) is 0 Å². The van der Waals surface area contributed by atoms with Crippen LogP contribution in [0.15, 0.2) is 16.9 Å². The molecule has 0 spiro atoms. The van der Waals surface area contributed by atoms with Crippen molar-refractivity contribution >= 4 is 0 Å². The maximum Gasteiger partial charge on any atom is 0.214 e. The number of nitrogens with one attached hydrogen (secondary N) is 1. The maximum absolute atomic E-state index is 5.65. The molecule has 0 bridgehead atoms. The van der Waals surface area contributed by atoms with Gasteiger partial charge >= 0.3 is 0 Å². The Hall–Kier alpha value is -1.62. The lowest BCUT2D eigenvalue weighted by Gasteiger charge is -2.24. The van der Waals surface area contributed by atoms with Crippen molar-refractivity contribution in [2.75, 3.05) is 6.54 Å². The zero-order valence-electron chi connectivity index (χ0n) is 11.5. The number of imidazole rings is 1. The summed E-state index contributed by atoms with van der Waals surface area (Å²) < 4.78 is 7.78. The van der Waals surface area contributed by atoms with Gasteiger partial charge < -0.3 is 14.3 Å². The van der Waals surface area contributed by atoms with Crippen LogP contribution in [0.1, 0.15) is 48.3 Å². The molecule has 0 radical (unpaired) electrons. The molecular formula is C14H20N4O. The van der Waals surface area contributed by atoms with Crippen molar-refractivity contribution in [2.45, 2.75) is 45.7 Å². The highest BCUT2D eigenvalue weighted by Gasteiger charge is 2.19. The quantitative estimate of drug-likeness (QED) is 0.920. The topological polar surface area (TPSA) is 55.9 Å². The number of piperidine rings is 1. The summed E-state index contributed by atoms with van der Waals surface area (Å²) in [5, 5.41) is 3.55. The lowest BCUT2D eigenvalue weighted by Crippen LogP contribution is -2.28. The van der Waals surface area contributed by atoms with Crippen molar-refractivity contribution in [3.63, 3.8) is 0 Å². The van der Waals surface area contributed by atoms with Gasteiger partial charge in [-0.15, -0.1) is 0 Å². The summed E-state index contributed by atoms with van der Waals surface area (Å²) in [6, 6.07) is 0.411. The second-order valence-electron chi connectivity index (χ2n) is 5.20. The van der Waals surface area contributed by atoms with Crippen LogP contribution in [0.5, 0.6) is 0 Å². The fourth-order valence-electron chi connectivity index (χ4n) is 2.61. The van der Waals surface area contributed by atoms with E-state index in [0.717, 1.165) is 23.9 Å². The Labute approximate surface area is 113 Å². The molecule has 2 aromatic heterocycles.